The molecule has 3 aliphatic rings. The standard InChI is InChI=1S/C26H28F2N4O3/c27-20-13-19-15-32(16-23(19)24(28)14-20)26(34)29-21-3-1-17(2-4-21)18-5-9-31(10-6-18)25(33)30-22-7-11-35-12-8-22/h1-5,13-14,22H,6-12,15-16H2,(H,29,34)(H,30,33). The van der Waals surface area contributed by atoms with E-state index in [0.717, 1.165) is 36.5 Å². The maximum Gasteiger partial charge on any atom is 0.322 e. The molecule has 0 aromatic heterocycles. The Balaban J connectivity index is 1.14. The van der Waals surface area contributed by atoms with E-state index in [0.29, 0.717) is 43.1 Å². The van der Waals surface area contributed by atoms with Gasteiger partial charge in [0.05, 0.1) is 6.54 Å². The van der Waals surface area contributed by atoms with Crippen molar-refractivity contribution in [3.8, 4) is 0 Å². The number of rotatable bonds is 3. The number of urea groups is 2. The SMILES string of the molecule is O=C(Nc1ccc(C2=CCN(C(=O)NC3CCOCC3)CC2)cc1)N1Cc2cc(F)cc(F)c2C1. The summed E-state index contributed by atoms with van der Waals surface area (Å²) in [6, 6.07) is 9.42. The Labute approximate surface area is 202 Å². The maximum atomic E-state index is 14.0. The van der Waals surface area contributed by atoms with Gasteiger partial charge >= 0.3 is 12.1 Å². The fraction of sp³-hybridized carbons (Fsp3) is 0.385. The topological polar surface area (TPSA) is 73.9 Å². The van der Waals surface area contributed by atoms with Crippen molar-refractivity contribution in [2.45, 2.75) is 38.4 Å². The molecule has 2 aromatic rings. The molecule has 0 aliphatic carbocycles. The number of hydrogen-bond donors (Lipinski definition) is 2. The highest BCUT2D eigenvalue weighted by Crippen LogP contribution is 2.28. The summed E-state index contributed by atoms with van der Waals surface area (Å²) in [5.74, 6) is -1.26. The molecule has 35 heavy (non-hydrogen) atoms. The summed E-state index contributed by atoms with van der Waals surface area (Å²) in [4.78, 5) is 28.4. The Morgan fingerprint density at radius 3 is 2.46 bits per heavy atom. The second kappa shape index (κ2) is 10.0. The van der Waals surface area contributed by atoms with Crippen molar-refractivity contribution in [2.24, 2.45) is 0 Å². The van der Waals surface area contributed by atoms with E-state index < -0.39 is 11.6 Å². The fourth-order valence-corrected chi connectivity index (χ4v) is 4.76. The second-order valence-electron chi connectivity index (χ2n) is 9.15. The summed E-state index contributed by atoms with van der Waals surface area (Å²) >= 11 is 0. The molecule has 2 N–H and O–H groups in total. The molecule has 5 rings (SSSR count). The van der Waals surface area contributed by atoms with Crippen LogP contribution in [-0.4, -0.2) is 54.2 Å². The molecule has 0 spiro atoms. The van der Waals surface area contributed by atoms with Gasteiger partial charge in [-0.25, -0.2) is 18.4 Å². The van der Waals surface area contributed by atoms with Crippen LogP contribution in [0.25, 0.3) is 5.57 Å². The number of hydrogen-bond acceptors (Lipinski definition) is 3. The van der Waals surface area contributed by atoms with Crippen LogP contribution in [0.2, 0.25) is 0 Å². The van der Waals surface area contributed by atoms with E-state index >= 15 is 0 Å². The van der Waals surface area contributed by atoms with E-state index in [-0.39, 0.29) is 31.2 Å². The van der Waals surface area contributed by atoms with Crippen LogP contribution >= 0.6 is 0 Å². The molecule has 0 atom stereocenters. The average Bonchev–Trinajstić information content (AvgIpc) is 3.30. The van der Waals surface area contributed by atoms with Crippen molar-refractivity contribution in [1.29, 1.82) is 0 Å². The van der Waals surface area contributed by atoms with E-state index in [2.05, 4.69) is 16.7 Å². The number of anilines is 1. The van der Waals surface area contributed by atoms with Crippen LogP contribution in [0.4, 0.5) is 24.1 Å². The minimum atomic E-state index is -0.640. The lowest BCUT2D eigenvalue weighted by Crippen LogP contribution is -2.47. The number of nitrogens with zero attached hydrogens (tertiary/aromatic N) is 2. The summed E-state index contributed by atoms with van der Waals surface area (Å²) in [6.45, 7) is 2.85. The van der Waals surface area contributed by atoms with Gasteiger partial charge in [-0.05, 0) is 54.2 Å². The fourth-order valence-electron chi connectivity index (χ4n) is 4.76. The van der Waals surface area contributed by atoms with E-state index in [1.165, 1.54) is 11.0 Å². The number of carbonyl (C=O) groups excluding carboxylic acids is 2. The van der Waals surface area contributed by atoms with Gasteiger partial charge < -0.3 is 25.2 Å². The van der Waals surface area contributed by atoms with Gasteiger partial charge in [0.25, 0.3) is 0 Å². The average molecular weight is 483 g/mol. The molecule has 0 bridgehead atoms. The molecule has 1 fully saturated rings. The highest BCUT2D eigenvalue weighted by Gasteiger charge is 2.27. The van der Waals surface area contributed by atoms with Gasteiger partial charge in [-0.2, -0.15) is 0 Å². The largest absolute Gasteiger partial charge is 0.381 e. The van der Waals surface area contributed by atoms with Gasteiger partial charge in [-0.3, -0.25) is 0 Å². The third-order valence-corrected chi connectivity index (χ3v) is 6.80. The Kier molecular flexibility index (Phi) is 6.68. The van der Waals surface area contributed by atoms with Crippen LogP contribution < -0.4 is 10.6 Å². The van der Waals surface area contributed by atoms with Crippen molar-refractivity contribution in [3.63, 3.8) is 0 Å². The smallest absolute Gasteiger partial charge is 0.322 e. The number of amides is 4. The molecule has 4 amide bonds. The van der Waals surface area contributed by atoms with Gasteiger partial charge in [0.1, 0.15) is 11.6 Å². The monoisotopic (exact) mass is 482 g/mol. The van der Waals surface area contributed by atoms with Crippen LogP contribution in [0, 0.1) is 11.6 Å². The highest BCUT2D eigenvalue weighted by atomic mass is 19.1. The van der Waals surface area contributed by atoms with Crippen molar-refractivity contribution in [2.75, 3.05) is 31.6 Å². The Morgan fingerprint density at radius 1 is 0.971 bits per heavy atom. The van der Waals surface area contributed by atoms with Crippen molar-refractivity contribution >= 4 is 23.3 Å². The highest BCUT2D eigenvalue weighted by molar-refractivity contribution is 5.90. The lowest BCUT2D eigenvalue weighted by molar-refractivity contribution is 0.0783. The quantitative estimate of drug-likeness (QED) is 0.677. The molecule has 7 nitrogen and oxygen atoms in total. The van der Waals surface area contributed by atoms with Crippen molar-refractivity contribution in [3.05, 3.63) is 70.8 Å². The van der Waals surface area contributed by atoms with Crippen LogP contribution in [0.1, 0.15) is 36.0 Å². The number of fused-ring (bicyclic) bond motifs is 1. The normalized spacial score (nSPS) is 18.2. The number of carbonyl (C=O) groups is 2. The van der Waals surface area contributed by atoms with Gasteiger partial charge in [0.2, 0.25) is 0 Å². The number of nitrogens with one attached hydrogen (secondary N) is 2. The van der Waals surface area contributed by atoms with Crippen molar-refractivity contribution in [1.82, 2.24) is 15.1 Å². The minimum absolute atomic E-state index is 0.0306. The molecule has 1 saturated heterocycles. The van der Waals surface area contributed by atoms with Crippen LogP contribution in [0.5, 0.6) is 0 Å². The van der Waals surface area contributed by atoms with Gasteiger partial charge in [0, 0.05) is 56.2 Å². The van der Waals surface area contributed by atoms with E-state index in [4.69, 9.17) is 4.74 Å². The van der Waals surface area contributed by atoms with Crippen LogP contribution in [-0.2, 0) is 17.8 Å². The molecule has 0 saturated carbocycles. The van der Waals surface area contributed by atoms with Crippen LogP contribution in [0.15, 0.2) is 42.5 Å². The molecule has 2 aromatic carbocycles. The molecule has 184 valence electrons. The summed E-state index contributed by atoms with van der Waals surface area (Å²) in [7, 11) is 0. The lowest BCUT2D eigenvalue weighted by Gasteiger charge is -2.30. The first-order valence-electron chi connectivity index (χ1n) is 11.9. The Morgan fingerprint density at radius 2 is 1.74 bits per heavy atom. The summed E-state index contributed by atoms with van der Waals surface area (Å²) in [5.41, 5.74) is 3.67. The molecule has 3 heterocycles. The predicted octanol–water partition coefficient (Wildman–Crippen LogP) is 4.49. The predicted molar refractivity (Wildman–Crippen MR) is 128 cm³/mol. The number of benzene rings is 2. The zero-order chi connectivity index (χ0) is 24.4. The van der Waals surface area contributed by atoms with E-state index in [9.17, 15) is 18.4 Å². The van der Waals surface area contributed by atoms with Gasteiger partial charge in [-0.15, -0.1) is 0 Å². The third-order valence-electron chi connectivity index (χ3n) is 6.80. The Hall–Kier alpha value is -3.46. The van der Waals surface area contributed by atoms with Crippen molar-refractivity contribution < 1.29 is 23.1 Å². The third kappa shape index (κ3) is 5.30. The first-order chi connectivity index (χ1) is 17.0. The van der Waals surface area contributed by atoms with E-state index in [1.807, 2.05) is 29.2 Å². The second-order valence-corrected chi connectivity index (χ2v) is 9.15. The molecular formula is C26H28F2N4O3. The minimum Gasteiger partial charge on any atom is -0.381 e. The zero-order valence-electron chi connectivity index (χ0n) is 19.4. The summed E-state index contributed by atoms with van der Waals surface area (Å²) in [6.07, 6.45) is 4.52. The molecule has 3 aliphatic heterocycles. The number of ether oxygens (including phenoxy) is 1. The maximum absolute atomic E-state index is 14.0. The molecule has 0 unspecified atom stereocenters. The molecule has 9 heteroatoms. The number of halogens is 2. The van der Waals surface area contributed by atoms with Gasteiger partial charge in [-0.1, -0.05) is 18.2 Å². The van der Waals surface area contributed by atoms with E-state index in [1.54, 1.807) is 0 Å². The van der Waals surface area contributed by atoms with Crippen LogP contribution in [0.3, 0.4) is 0 Å². The first kappa shape index (κ1) is 23.3. The summed E-state index contributed by atoms with van der Waals surface area (Å²) < 4.78 is 32.8. The zero-order valence-corrected chi connectivity index (χ0v) is 19.4. The Bertz CT molecular complexity index is 1150. The lowest BCUT2D eigenvalue weighted by atomic mass is 9.99. The first-order valence-corrected chi connectivity index (χ1v) is 11.9. The summed E-state index contributed by atoms with van der Waals surface area (Å²) in [5, 5.41) is 5.92. The molecular weight excluding hydrogens is 454 g/mol. The van der Waals surface area contributed by atoms with Gasteiger partial charge in [0.15, 0.2) is 0 Å². The molecule has 0 radical (unpaired) electrons.